The molecule has 8 nitrogen and oxygen atoms in total. The van der Waals surface area contributed by atoms with Crippen molar-refractivity contribution in [2.75, 3.05) is 11.9 Å². The lowest BCUT2D eigenvalue weighted by molar-refractivity contribution is 0.705. The van der Waals surface area contributed by atoms with Crippen LogP contribution in [0.25, 0.3) is 16.9 Å². The molecule has 0 aliphatic rings. The van der Waals surface area contributed by atoms with Crippen molar-refractivity contribution in [3.8, 4) is 0 Å². The average Bonchev–Trinajstić information content (AvgIpc) is 3.17. The Kier molecular flexibility index (Phi) is 4.14. The van der Waals surface area contributed by atoms with Crippen LogP contribution in [0.4, 0.5) is 5.69 Å². The van der Waals surface area contributed by atoms with E-state index >= 15 is 0 Å². The maximum atomic E-state index is 12.8. The molecule has 146 valence electrons. The number of aromatic nitrogens is 5. The minimum Gasteiger partial charge on any atom is -0.383 e. The molecule has 0 aliphatic heterocycles. The highest BCUT2D eigenvalue weighted by Crippen LogP contribution is 2.20. The first kappa shape index (κ1) is 18.1. The fourth-order valence-corrected chi connectivity index (χ4v) is 3.73. The van der Waals surface area contributed by atoms with E-state index in [0.29, 0.717) is 23.5 Å². The number of hydrogen-bond acceptors (Lipinski definition) is 4. The summed E-state index contributed by atoms with van der Waals surface area (Å²) < 4.78 is 6.50. The second kappa shape index (κ2) is 6.40. The third-order valence-electron chi connectivity index (χ3n) is 5.54. The highest BCUT2D eigenvalue weighted by Gasteiger charge is 2.21. The molecule has 0 unspecified atom stereocenters. The highest BCUT2D eigenvalue weighted by molar-refractivity contribution is 5.76. The molecule has 4 aromatic rings. The number of rotatable bonds is 4. The zero-order chi connectivity index (χ0) is 20.2. The number of aryl methyl sites for hydroxylation is 3. The molecule has 0 radical (unpaired) electrons. The van der Waals surface area contributed by atoms with Gasteiger partial charge in [0, 0.05) is 44.3 Å². The number of anilines is 1. The number of benzene rings is 1. The van der Waals surface area contributed by atoms with Crippen molar-refractivity contribution in [1.29, 1.82) is 0 Å². The monoisotopic (exact) mass is 380 g/mol. The van der Waals surface area contributed by atoms with E-state index in [0.717, 1.165) is 28.2 Å². The van der Waals surface area contributed by atoms with Crippen LogP contribution >= 0.6 is 0 Å². The van der Waals surface area contributed by atoms with Crippen LogP contribution in [0.15, 0.2) is 33.9 Å². The minimum atomic E-state index is -0.375. The van der Waals surface area contributed by atoms with E-state index in [1.807, 2.05) is 30.4 Å². The SMILES string of the molecule is Cc1ccccc1NCCn1c(C)c(C)n2c3c(=O)n(C)c(=O)n(C)c3nc12. The van der Waals surface area contributed by atoms with Gasteiger partial charge in [0.05, 0.1) is 0 Å². The van der Waals surface area contributed by atoms with Gasteiger partial charge >= 0.3 is 5.69 Å². The topological polar surface area (TPSA) is 78.3 Å². The van der Waals surface area contributed by atoms with Crippen molar-refractivity contribution in [3.05, 3.63) is 62.1 Å². The van der Waals surface area contributed by atoms with Crippen LogP contribution in [0.1, 0.15) is 17.0 Å². The molecule has 3 aromatic heterocycles. The zero-order valence-corrected chi connectivity index (χ0v) is 16.8. The summed E-state index contributed by atoms with van der Waals surface area (Å²) in [6.45, 7) is 7.48. The summed E-state index contributed by atoms with van der Waals surface area (Å²) in [5.74, 6) is 0.676. The molecular formula is C20H24N6O2. The van der Waals surface area contributed by atoms with Crippen LogP contribution in [0, 0.1) is 20.8 Å². The first-order valence-corrected chi connectivity index (χ1v) is 9.26. The van der Waals surface area contributed by atoms with E-state index in [-0.39, 0.29) is 11.2 Å². The van der Waals surface area contributed by atoms with Gasteiger partial charge in [-0.05, 0) is 32.4 Å². The van der Waals surface area contributed by atoms with Gasteiger partial charge in [0.25, 0.3) is 5.56 Å². The summed E-state index contributed by atoms with van der Waals surface area (Å²) in [5.41, 5.74) is 4.43. The molecule has 0 saturated carbocycles. The molecule has 8 heteroatoms. The van der Waals surface area contributed by atoms with Crippen molar-refractivity contribution < 1.29 is 0 Å². The number of nitrogens with one attached hydrogen (secondary N) is 1. The summed E-state index contributed by atoms with van der Waals surface area (Å²) >= 11 is 0. The Bertz CT molecular complexity index is 1340. The van der Waals surface area contributed by atoms with Gasteiger partial charge in [0.15, 0.2) is 11.2 Å². The second-order valence-corrected chi connectivity index (χ2v) is 7.19. The van der Waals surface area contributed by atoms with Crippen molar-refractivity contribution >= 4 is 22.6 Å². The number of imidazole rings is 2. The molecule has 4 rings (SSSR count). The van der Waals surface area contributed by atoms with Crippen molar-refractivity contribution in [3.63, 3.8) is 0 Å². The Morgan fingerprint density at radius 2 is 1.71 bits per heavy atom. The summed E-state index contributed by atoms with van der Waals surface area (Å²) in [4.78, 5) is 29.7. The fraction of sp³-hybridized carbons (Fsp3) is 0.350. The average molecular weight is 380 g/mol. The maximum Gasteiger partial charge on any atom is 0.332 e. The molecule has 0 atom stereocenters. The maximum absolute atomic E-state index is 12.8. The lowest BCUT2D eigenvalue weighted by Gasteiger charge is -2.11. The van der Waals surface area contributed by atoms with Crippen LogP contribution in [0.5, 0.6) is 0 Å². The first-order valence-electron chi connectivity index (χ1n) is 9.26. The van der Waals surface area contributed by atoms with Crippen LogP contribution in [-0.4, -0.2) is 29.6 Å². The predicted molar refractivity (Wildman–Crippen MR) is 110 cm³/mol. The highest BCUT2D eigenvalue weighted by atomic mass is 16.2. The largest absolute Gasteiger partial charge is 0.383 e. The Balaban J connectivity index is 1.81. The molecule has 0 fully saturated rings. The number of para-hydroxylation sites is 1. The van der Waals surface area contributed by atoms with Crippen LogP contribution in [0.3, 0.4) is 0 Å². The first-order chi connectivity index (χ1) is 13.3. The van der Waals surface area contributed by atoms with Gasteiger partial charge in [0.2, 0.25) is 5.78 Å². The smallest absolute Gasteiger partial charge is 0.332 e. The quantitative estimate of drug-likeness (QED) is 0.585. The number of hydrogen-bond donors (Lipinski definition) is 1. The molecule has 0 saturated heterocycles. The van der Waals surface area contributed by atoms with E-state index in [4.69, 9.17) is 0 Å². The molecule has 3 heterocycles. The molecule has 0 amide bonds. The number of fused-ring (bicyclic) bond motifs is 3. The van der Waals surface area contributed by atoms with E-state index in [2.05, 4.69) is 33.9 Å². The van der Waals surface area contributed by atoms with Gasteiger partial charge in [-0.1, -0.05) is 18.2 Å². The molecule has 0 aliphatic carbocycles. The third-order valence-corrected chi connectivity index (χ3v) is 5.54. The summed E-state index contributed by atoms with van der Waals surface area (Å²) in [6.07, 6.45) is 0. The Hall–Kier alpha value is -3.29. The fourth-order valence-electron chi connectivity index (χ4n) is 3.73. The van der Waals surface area contributed by atoms with Gasteiger partial charge < -0.3 is 9.88 Å². The molecule has 1 N–H and O–H groups in total. The van der Waals surface area contributed by atoms with Gasteiger partial charge in [-0.25, -0.2) is 4.79 Å². The van der Waals surface area contributed by atoms with Crippen LogP contribution in [0.2, 0.25) is 0 Å². The summed E-state index contributed by atoms with van der Waals surface area (Å²) in [7, 11) is 3.14. The lowest BCUT2D eigenvalue weighted by Crippen LogP contribution is -2.37. The lowest BCUT2D eigenvalue weighted by atomic mass is 10.2. The standard InChI is InChI=1S/C20H24N6O2/c1-12-8-6-7-9-15(12)21-10-11-25-13(2)14(3)26-16-17(22-19(25)26)23(4)20(28)24(5)18(16)27/h6-9,21H,10-11H2,1-5H3. The number of nitrogens with zero attached hydrogens (tertiary/aromatic N) is 5. The van der Waals surface area contributed by atoms with Gasteiger partial charge in [-0.3, -0.25) is 18.3 Å². The molecule has 28 heavy (non-hydrogen) atoms. The predicted octanol–water partition coefficient (Wildman–Crippen LogP) is 1.72. The molecular weight excluding hydrogens is 356 g/mol. The van der Waals surface area contributed by atoms with Crippen molar-refractivity contribution in [2.24, 2.45) is 14.1 Å². The summed E-state index contributed by atoms with van der Waals surface area (Å²) in [6, 6.07) is 8.16. The normalized spacial score (nSPS) is 11.6. The van der Waals surface area contributed by atoms with Crippen LogP contribution < -0.4 is 16.6 Å². The molecule has 1 aromatic carbocycles. The third kappa shape index (κ3) is 2.48. The Morgan fingerprint density at radius 3 is 2.43 bits per heavy atom. The second-order valence-electron chi connectivity index (χ2n) is 7.19. The molecule has 0 bridgehead atoms. The van der Waals surface area contributed by atoms with Crippen molar-refractivity contribution in [1.82, 2.24) is 23.1 Å². The zero-order valence-electron chi connectivity index (χ0n) is 16.8. The molecule has 0 spiro atoms. The summed E-state index contributed by atoms with van der Waals surface area (Å²) in [5, 5.41) is 3.46. The van der Waals surface area contributed by atoms with Gasteiger partial charge in [0.1, 0.15) is 0 Å². The minimum absolute atomic E-state index is 0.330. The van der Waals surface area contributed by atoms with Crippen LogP contribution in [-0.2, 0) is 20.6 Å². The van der Waals surface area contributed by atoms with Gasteiger partial charge in [-0.15, -0.1) is 0 Å². The van der Waals surface area contributed by atoms with E-state index < -0.39 is 0 Å². The van der Waals surface area contributed by atoms with Crippen molar-refractivity contribution in [2.45, 2.75) is 27.3 Å². The Labute approximate surface area is 161 Å². The van der Waals surface area contributed by atoms with Gasteiger partial charge in [-0.2, -0.15) is 4.98 Å². The van der Waals surface area contributed by atoms with E-state index in [1.165, 1.54) is 17.2 Å². The van der Waals surface area contributed by atoms with E-state index in [9.17, 15) is 9.59 Å². The van der Waals surface area contributed by atoms with E-state index in [1.54, 1.807) is 7.05 Å². The Morgan fingerprint density at radius 1 is 1.00 bits per heavy atom.